The van der Waals surface area contributed by atoms with Crippen molar-refractivity contribution in [3.63, 3.8) is 0 Å². The first-order valence-corrected chi connectivity index (χ1v) is 12.8. The molecule has 1 unspecified atom stereocenters. The van der Waals surface area contributed by atoms with Gasteiger partial charge in [0, 0.05) is 36.5 Å². The van der Waals surface area contributed by atoms with Crippen LogP contribution in [0.15, 0.2) is 40.1 Å². The number of aromatic nitrogens is 1. The Bertz CT molecular complexity index is 1130. The highest BCUT2D eigenvalue weighted by Gasteiger charge is 2.32. The number of carbonyl (C=O) groups excluding carboxylic acids is 3. The van der Waals surface area contributed by atoms with E-state index in [-0.39, 0.29) is 29.7 Å². The van der Waals surface area contributed by atoms with Gasteiger partial charge in [-0.25, -0.2) is 4.98 Å². The maximum atomic E-state index is 13.5. The Morgan fingerprint density at radius 2 is 2.06 bits per heavy atom. The molecule has 1 aliphatic heterocycles. The van der Waals surface area contributed by atoms with Gasteiger partial charge < -0.3 is 19.9 Å². The fraction of sp³-hybridized carbons (Fsp3) is 0.417. The quantitative estimate of drug-likeness (QED) is 0.581. The molecule has 3 amide bonds. The molecule has 2 fully saturated rings. The number of anilines is 1. The van der Waals surface area contributed by atoms with Crippen molar-refractivity contribution < 1.29 is 19.1 Å². The van der Waals surface area contributed by atoms with Crippen LogP contribution in [0.2, 0.25) is 0 Å². The van der Waals surface area contributed by atoms with Crippen LogP contribution < -0.4 is 10.1 Å². The number of nitrogens with one attached hydrogen (secondary N) is 1. The maximum Gasteiger partial charge on any atom is 0.258 e. The van der Waals surface area contributed by atoms with E-state index < -0.39 is 0 Å². The van der Waals surface area contributed by atoms with E-state index in [9.17, 15) is 14.4 Å². The number of thiazole rings is 1. The van der Waals surface area contributed by atoms with Gasteiger partial charge in [0.15, 0.2) is 5.13 Å². The molecule has 4 rings (SSSR count). The van der Waals surface area contributed by atoms with Crippen LogP contribution in [0.4, 0.5) is 5.13 Å². The molecule has 2 aromatic rings. The van der Waals surface area contributed by atoms with Gasteiger partial charge >= 0.3 is 0 Å². The average Bonchev–Trinajstić information content (AvgIpc) is 3.60. The van der Waals surface area contributed by atoms with Crippen molar-refractivity contribution in [3.05, 3.63) is 42.1 Å². The van der Waals surface area contributed by atoms with Crippen LogP contribution in [0, 0.1) is 12.8 Å². The second-order valence-corrected chi connectivity index (χ2v) is 10.9. The van der Waals surface area contributed by atoms with E-state index in [1.54, 1.807) is 23.1 Å². The Morgan fingerprint density at radius 1 is 1.29 bits per heavy atom. The van der Waals surface area contributed by atoms with E-state index in [1.807, 2.05) is 26.0 Å². The minimum Gasteiger partial charge on any atom is -0.496 e. The van der Waals surface area contributed by atoms with E-state index in [0.717, 1.165) is 27.5 Å². The summed E-state index contributed by atoms with van der Waals surface area (Å²) in [5.41, 5.74) is 1.46. The van der Waals surface area contributed by atoms with Crippen LogP contribution in [0.5, 0.6) is 5.75 Å². The molecule has 1 aromatic carbocycles. The topological polar surface area (TPSA) is 91.8 Å². The number of hydrogen-bond donors (Lipinski definition) is 1. The summed E-state index contributed by atoms with van der Waals surface area (Å²) in [4.78, 5) is 46.2. The zero-order valence-corrected chi connectivity index (χ0v) is 21.1. The fourth-order valence-electron chi connectivity index (χ4n) is 3.88. The minimum absolute atomic E-state index is 0.0309. The third-order valence-electron chi connectivity index (χ3n) is 5.98. The predicted octanol–water partition coefficient (Wildman–Crippen LogP) is 3.82. The summed E-state index contributed by atoms with van der Waals surface area (Å²) in [6, 6.07) is 3.60. The summed E-state index contributed by atoms with van der Waals surface area (Å²) in [5.74, 6) is 0.423. The molecule has 2 aliphatic rings. The Hall–Kier alpha value is -2.85. The average molecular weight is 501 g/mol. The van der Waals surface area contributed by atoms with Crippen molar-refractivity contribution in [3.8, 4) is 5.75 Å². The predicted molar refractivity (Wildman–Crippen MR) is 133 cm³/mol. The number of methoxy groups -OCH3 is 1. The van der Waals surface area contributed by atoms with Crippen molar-refractivity contribution in [2.45, 2.75) is 41.8 Å². The summed E-state index contributed by atoms with van der Waals surface area (Å²) in [5, 5.41) is 3.46. The van der Waals surface area contributed by atoms with Crippen LogP contribution in [0.1, 0.15) is 35.7 Å². The lowest BCUT2D eigenvalue weighted by atomic mass is 10.1. The molecule has 34 heavy (non-hydrogen) atoms. The van der Waals surface area contributed by atoms with Gasteiger partial charge in [0.05, 0.1) is 23.1 Å². The molecule has 1 saturated carbocycles. The van der Waals surface area contributed by atoms with Gasteiger partial charge in [0.2, 0.25) is 11.8 Å². The molecule has 0 bridgehead atoms. The lowest BCUT2D eigenvalue weighted by Gasteiger charge is -2.39. The molecule has 1 atom stereocenters. The van der Waals surface area contributed by atoms with E-state index in [0.29, 0.717) is 36.1 Å². The van der Waals surface area contributed by atoms with Gasteiger partial charge in [-0.15, -0.1) is 0 Å². The first-order valence-electron chi connectivity index (χ1n) is 11.2. The summed E-state index contributed by atoms with van der Waals surface area (Å²) in [6.45, 7) is 8.82. The van der Waals surface area contributed by atoms with Gasteiger partial charge in [0.1, 0.15) is 5.75 Å². The highest BCUT2D eigenvalue weighted by molar-refractivity contribution is 8.01. The van der Waals surface area contributed by atoms with Crippen LogP contribution in [0.25, 0.3) is 0 Å². The second kappa shape index (κ2) is 10.2. The van der Waals surface area contributed by atoms with Gasteiger partial charge in [0.25, 0.3) is 5.91 Å². The highest BCUT2D eigenvalue weighted by atomic mass is 32.2. The molecule has 8 nitrogen and oxygen atoms in total. The van der Waals surface area contributed by atoms with Gasteiger partial charge in [-0.2, -0.15) is 0 Å². The summed E-state index contributed by atoms with van der Waals surface area (Å²) < 4.78 is 6.46. The largest absolute Gasteiger partial charge is 0.496 e. The monoisotopic (exact) mass is 500 g/mol. The second-order valence-electron chi connectivity index (χ2n) is 8.50. The third kappa shape index (κ3) is 5.28. The van der Waals surface area contributed by atoms with Crippen molar-refractivity contribution in [2.75, 3.05) is 32.1 Å². The molecule has 2 heterocycles. The summed E-state index contributed by atoms with van der Waals surface area (Å²) in [7, 11) is 1.56. The molecule has 1 saturated heterocycles. The van der Waals surface area contributed by atoms with Crippen LogP contribution in [0.3, 0.4) is 0 Å². The SMILES string of the molecule is C=CC(=O)N1CCN(C(=O)c2cc(Sc3cnc(NC(=O)C4CC4)s3)c(C)cc2OC)C(C)C1. The van der Waals surface area contributed by atoms with Crippen molar-refractivity contribution in [1.29, 1.82) is 0 Å². The molecule has 10 heteroatoms. The Morgan fingerprint density at radius 3 is 2.71 bits per heavy atom. The number of piperazine rings is 1. The summed E-state index contributed by atoms with van der Waals surface area (Å²) in [6.07, 6.45) is 4.93. The molecule has 1 N–H and O–H groups in total. The van der Waals surface area contributed by atoms with E-state index in [4.69, 9.17) is 4.74 Å². The fourth-order valence-corrected chi connectivity index (χ4v) is 5.82. The van der Waals surface area contributed by atoms with Crippen molar-refractivity contribution in [1.82, 2.24) is 14.8 Å². The Balaban J connectivity index is 1.51. The van der Waals surface area contributed by atoms with Crippen LogP contribution >= 0.6 is 23.1 Å². The molecular formula is C24H28N4O4S2. The highest BCUT2D eigenvalue weighted by Crippen LogP contribution is 2.39. The van der Waals surface area contributed by atoms with Gasteiger partial charge in [-0.3, -0.25) is 14.4 Å². The number of amides is 3. The van der Waals surface area contributed by atoms with Gasteiger partial charge in [-0.05, 0) is 50.5 Å². The molecular weight excluding hydrogens is 472 g/mol. The number of carbonyl (C=O) groups is 3. The Kier molecular flexibility index (Phi) is 7.27. The molecule has 0 spiro atoms. The first-order chi connectivity index (χ1) is 16.3. The van der Waals surface area contributed by atoms with Crippen LogP contribution in [-0.2, 0) is 9.59 Å². The number of rotatable bonds is 7. The van der Waals surface area contributed by atoms with Gasteiger partial charge in [-0.1, -0.05) is 29.7 Å². The van der Waals surface area contributed by atoms with E-state index >= 15 is 0 Å². The number of nitrogens with zero attached hydrogens (tertiary/aromatic N) is 3. The molecule has 1 aliphatic carbocycles. The molecule has 1 aromatic heterocycles. The Labute approximate surface area is 207 Å². The number of ether oxygens (including phenoxy) is 1. The molecule has 0 radical (unpaired) electrons. The van der Waals surface area contributed by atoms with E-state index in [1.165, 1.54) is 29.2 Å². The zero-order valence-electron chi connectivity index (χ0n) is 19.5. The maximum absolute atomic E-state index is 13.5. The summed E-state index contributed by atoms with van der Waals surface area (Å²) >= 11 is 2.92. The number of aryl methyl sites for hydroxylation is 1. The number of benzene rings is 1. The van der Waals surface area contributed by atoms with Crippen LogP contribution in [-0.4, -0.2) is 65.3 Å². The third-order valence-corrected chi connectivity index (χ3v) is 8.15. The first kappa shape index (κ1) is 24.3. The zero-order chi connectivity index (χ0) is 24.4. The van der Waals surface area contributed by atoms with E-state index in [2.05, 4.69) is 16.9 Å². The normalized spacial score (nSPS) is 17.9. The van der Waals surface area contributed by atoms with Crippen molar-refractivity contribution in [2.24, 2.45) is 5.92 Å². The number of hydrogen-bond acceptors (Lipinski definition) is 7. The lowest BCUT2D eigenvalue weighted by molar-refractivity contribution is -0.128. The molecule has 180 valence electrons. The minimum atomic E-state index is -0.133. The smallest absolute Gasteiger partial charge is 0.258 e. The van der Waals surface area contributed by atoms with Crippen molar-refractivity contribution >= 4 is 46.0 Å². The lowest BCUT2D eigenvalue weighted by Crippen LogP contribution is -2.55. The standard InChI is InChI=1S/C24H28N4O4S2/c1-5-20(29)27-8-9-28(15(3)13-27)23(31)17-11-19(14(2)10-18(17)32-4)33-21-12-25-24(34-21)26-22(30)16-6-7-16/h5,10-12,15-16H,1,6-9,13H2,2-4H3,(H,25,26,30).